The third kappa shape index (κ3) is 8.98. The van der Waals surface area contributed by atoms with Crippen molar-refractivity contribution in [2.75, 3.05) is 45.3 Å². The van der Waals surface area contributed by atoms with E-state index in [0.717, 1.165) is 23.6 Å². The Labute approximate surface area is 291 Å². The van der Waals surface area contributed by atoms with Crippen molar-refractivity contribution in [1.29, 1.82) is 0 Å². The summed E-state index contributed by atoms with van der Waals surface area (Å²) in [5.41, 5.74) is 1.75. The maximum atomic E-state index is 14.7. The van der Waals surface area contributed by atoms with Crippen molar-refractivity contribution in [3.05, 3.63) is 92.4 Å². The van der Waals surface area contributed by atoms with E-state index in [1.54, 1.807) is 48.2 Å². The highest BCUT2D eigenvalue weighted by Crippen LogP contribution is 2.36. The predicted molar refractivity (Wildman–Crippen MR) is 187 cm³/mol. The minimum atomic E-state index is -3.82. The van der Waals surface area contributed by atoms with Crippen molar-refractivity contribution < 1.29 is 26.4 Å². The summed E-state index contributed by atoms with van der Waals surface area (Å²) in [6.07, 6.45) is 2.18. The second-order valence-corrected chi connectivity index (χ2v) is 16.4. The molecule has 15 heteroatoms. The molecule has 2 amide bonds. The average Bonchev–Trinajstić information content (AvgIpc) is 3.00. The van der Waals surface area contributed by atoms with Gasteiger partial charge < -0.3 is 9.64 Å². The van der Waals surface area contributed by atoms with Crippen LogP contribution in [-0.2, 0) is 19.9 Å². The van der Waals surface area contributed by atoms with Gasteiger partial charge in [-0.15, -0.1) is 0 Å². The number of amides is 2. The van der Waals surface area contributed by atoms with E-state index in [-0.39, 0.29) is 59.9 Å². The molecule has 254 valence electrons. The number of nitrogens with zero attached hydrogens (tertiary/aromatic N) is 4. The van der Waals surface area contributed by atoms with Gasteiger partial charge in [-0.3, -0.25) is 9.89 Å². The summed E-state index contributed by atoms with van der Waals surface area (Å²) in [4.78, 5) is 22.7. The highest BCUT2D eigenvalue weighted by molar-refractivity contribution is 7.90. The summed E-state index contributed by atoms with van der Waals surface area (Å²) in [5.74, 6) is 0.366. The van der Waals surface area contributed by atoms with Gasteiger partial charge in [0.1, 0.15) is 11.6 Å². The first-order chi connectivity index (χ1) is 22.0. The monoisotopic (exact) mass is 742 g/mol. The molecule has 1 aliphatic heterocycles. The molecule has 1 heterocycles. The molecule has 0 bridgehead atoms. The smallest absolute Gasteiger partial charge is 0.326 e. The summed E-state index contributed by atoms with van der Waals surface area (Å²) >= 11 is 18.8. The Morgan fingerprint density at radius 1 is 0.872 bits per heavy atom. The van der Waals surface area contributed by atoms with Crippen LogP contribution >= 0.6 is 34.8 Å². The number of aliphatic imine (C=N–C) groups is 1. The molecule has 0 aliphatic carbocycles. The molecule has 2 unspecified atom stereocenters. The number of sulfonamides is 1. The number of amidine groups is 1. The number of hydrogen-bond acceptors (Lipinski definition) is 7. The predicted octanol–water partition coefficient (Wildman–Crippen LogP) is 6.72. The third-order valence-electron chi connectivity index (χ3n) is 7.79. The molecule has 1 aliphatic rings. The van der Waals surface area contributed by atoms with Crippen molar-refractivity contribution in [3.63, 3.8) is 0 Å². The summed E-state index contributed by atoms with van der Waals surface area (Å²) in [6.45, 7) is 6.15. The number of sulfone groups is 1. The van der Waals surface area contributed by atoms with Gasteiger partial charge in [0.15, 0.2) is 9.84 Å². The van der Waals surface area contributed by atoms with Gasteiger partial charge in [0.25, 0.3) is 0 Å². The second kappa shape index (κ2) is 15.1. The summed E-state index contributed by atoms with van der Waals surface area (Å²) in [6, 6.07) is 15.3. The Morgan fingerprint density at radius 2 is 1.40 bits per heavy atom. The zero-order chi connectivity index (χ0) is 34.7. The zero-order valence-corrected chi connectivity index (χ0v) is 30.6. The van der Waals surface area contributed by atoms with Gasteiger partial charge in [-0.25, -0.2) is 21.6 Å². The van der Waals surface area contributed by atoms with Crippen LogP contribution in [0, 0.1) is 0 Å². The molecule has 1 saturated heterocycles. The highest BCUT2D eigenvalue weighted by atomic mass is 35.5. The fraction of sp³-hybridized carbons (Fsp3) is 0.375. The molecular weight excluding hydrogens is 707 g/mol. The first kappa shape index (κ1) is 37.0. The molecule has 3 aromatic rings. The minimum absolute atomic E-state index is 0.0367. The number of ether oxygens (including phenoxy) is 1. The van der Waals surface area contributed by atoms with Crippen molar-refractivity contribution >= 4 is 66.5 Å². The maximum Gasteiger partial charge on any atom is 0.326 e. The molecular formula is C32H37Cl3N4O6S2. The lowest BCUT2D eigenvalue weighted by atomic mass is 10.0. The van der Waals surface area contributed by atoms with E-state index in [0.29, 0.717) is 10.0 Å². The van der Waals surface area contributed by atoms with Crippen LogP contribution in [0.2, 0.25) is 15.1 Å². The SMILES string of the molecule is CCOc1cc(Cl)c(S(C)(=O)=O)cc1C(=NC(C)c1ccc(Cl)cc1)N(C(=O)N1CCN(S(C)(=O)=O)CC1)C(C)c1ccc(Cl)cc1. The van der Waals surface area contributed by atoms with Gasteiger partial charge >= 0.3 is 6.03 Å². The summed E-state index contributed by atoms with van der Waals surface area (Å²) < 4.78 is 57.5. The Bertz CT molecular complexity index is 1850. The molecule has 0 saturated carbocycles. The molecule has 0 aromatic heterocycles. The normalized spacial score (nSPS) is 16.1. The molecule has 4 rings (SSSR count). The zero-order valence-electron chi connectivity index (χ0n) is 26.7. The topological polar surface area (TPSA) is 117 Å². The van der Waals surface area contributed by atoms with E-state index in [9.17, 15) is 21.6 Å². The number of piperazine rings is 1. The summed E-state index contributed by atoms with van der Waals surface area (Å²) in [5, 5.41) is 1.01. The molecule has 0 spiro atoms. The van der Waals surface area contributed by atoms with Crippen molar-refractivity contribution in [2.24, 2.45) is 4.99 Å². The van der Waals surface area contributed by atoms with Gasteiger partial charge in [-0.1, -0.05) is 59.1 Å². The van der Waals surface area contributed by atoms with E-state index in [1.807, 2.05) is 26.0 Å². The first-order valence-electron chi connectivity index (χ1n) is 14.8. The van der Waals surface area contributed by atoms with Crippen molar-refractivity contribution in [1.82, 2.24) is 14.1 Å². The number of halogens is 3. The van der Waals surface area contributed by atoms with E-state index in [4.69, 9.17) is 44.5 Å². The number of carbonyl (C=O) groups excluding carboxylic acids is 1. The highest BCUT2D eigenvalue weighted by Gasteiger charge is 2.36. The lowest BCUT2D eigenvalue weighted by Gasteiger charge is -2.39. The van der Waals surface area contributed by atoms with Crippen LogP contribution in [0.1, 0.15) is 49.5 Å². The van der Waals surface area contributed by atoms with Crippen molar-refractivity contribution in [3.8, 4) is 5.75 Å². The van der Waals surface area contributed by atoms with Crippen LogP contribution in [0.3, 0.4) is 0 Å². The lowest BCUT2D eigenvalue weighted by molar-refractivity contribution is 0.145. The number of carbonyl (C=O) groups is 1. The van der Waals surface area contributed by atoms with E-state index in [1.165, 1.54) is 21.3 Å². The van der Waals surface area contributed by atoms with Gasteiger partial charge in [-0.05, 0) is 62.2 Å². The number of rotatable bonds is 9. The van der Waals surface area contributed by atoms with E-state index >= 15 is 0 Å². The molecule has 0 N–H and O–H groups in total. The fourth-order valence-electron chi connectivity index (χ4n) is 5.22. The van der Waals surface area contributed by atoms with Gasteiger partial charge in [-0.2, -0.15) is 4.31 Å². The Balaban J connectivity index is 1.99. The van der Waals surface area contributed by atoms with Gasteiger partial charge in [0.05, 0.1) is 40.4 Å². The molecule has 0 radical (unpaired) electrons. The van der Waals surface area contributed by atoms with Gasteiger partial charge in [0.2, 0.25) is 10.0 Å². The van der Waals surface area contributed by atoms with Crippen LogP contribution in [0.15, 0.2) is 70.6 Å². The van der Waals surface area contributed by atoms with E-state index in [2.05, 4.69) is 0 Å². The molecule has 47 heavy (non-hydrogen) atoms. The molecule has 2 atom stereocenters. The van der Waals surface area contributed by atoms with Crippen LogP contribution in [-0.4, -0.2) is 88.1 Å². The van der Waals surface area contributed by atoms with Gasteiger partial charge in [0, 0.05) is 48.5 Å². The number of urea groups is 1. The molecule has 3 aromatic carbocycles. The Morgan fingerprint density at radius 3 is 1.89 bits per heavy atom. The third-order valence-corrected chi connectivity index (χ3v) is 11.2. The first-order valence-corrected chi connectivity index (χ1v) is 19.7. The molecule has 10 nitrogen and oxygen atoms in total. The standard InChI is InChI=1S/C32H37Cl3N4O6S2/c1-6-45-29-20-28(35)30(46(4,41)42)19-27(29)31(36-21(2)23-7-11-25(33)12-8-23)39(22(3)24-9-13-26(34)14-10-24)32(40)37-15-17-38(18-16-37)47(5,43)44/h7-14,19-22H,6,15-18H2,1-5H3. The number of hydrogen-bond donors (Lipinski definition) is 0. The molecule has 1 fully saturated rings. The minimum Gasteiger partial charge on any atom is -0.493 e. The second-order valence-electron chi connectivity index (χ2n) is 11.2. The quantitative estimate of drug-likeness (QED) is 0.178. The maximum absolute atomic E-state index is 14.7. The summed E-state index contributed by atoms with van der Waals surface area (Å²) in [7, 11) is -7.27. The van der Waals surface area contributed by atoms with Crippen LogP contribution in [0.5, 0.6) is 5.75 Å². The Hall–Kier alpha value is -2.87. The van der Waals surface area contributed by atoms with Crippen LogP contribution in [0.25, 0.3) is 0 Å². The van der Waals surface area contributed by atoms with E-state index < -0.39 is 38.0 Å². The van der Waals surface area contributed by atoms with Crippen molar-refractivity contribution in [2.45, 2.75) is 37.8 Å². The fourth-order valence-corrected chi connectivity index (χ4v) is 7.62. The largest absolute Gasteiger partial charge is 0.493 e. The van der Waals surface area contributed by atoms with Crippen LogP contribution in [0.4, 0.5) is 4.79 Å². The Kier molecular flexibility index (Phi) is 11.9. The lowest BCUT2D eigenvalue weighted by Crippen LogP contribution is -2.55. The van der Waals surface area contributed by atoms with Crippen LogP contribution < -0.4 is 4.74 Å². The average molecular weight is 744 g/mol. The number of benzene rings is 3.